The van der Waals surface area contributed by atoms with Crippen molar-refractivity contribution in [2.24, 2.45) is 0 Å². The first-order valence-electron chi connectivity index (χ1n) is 9.31. The number of ether oxygens (including phenoxy) is 1. The predicted octanol–water partition coefficient (Wildman–Crippen LogP) is 5.49. The molecule has 0 unspecified atom stereocenters. The van der Waals surface area contributed by atoms with Crippen molar-refractivity contribution in [3.05, 3.63) is 59.2 Å². The van der Waals surface area contributed by atoms with E-state index in [0.29, 0.717) is 16.7 Å². The Balaban J connectivity index is 2.19. The van der Waals surface area contributed by atoms with Gasteiger partial charge in [0.2, 0.25) is 0 Å². The zero-order chi connectivity index (χ0) is 21.8. The average molecular weight is 404 g/mol. The number of Topliss-reactive ketones (excluding diaryl/α,β-unsaturated/α-hetero) is 2. The third-order valence-electron chi connectivity index (χ3n) is 5.36. The van der Waals surface area contributed by atoms with Gasteiger partial charge in [-0.15, -0.1) is 0 Å². The lowest BCUT2D eigenvalue weighted by atomic mass is 9.73. The van der Waals surface area contributed by atoms with Gasteiger partial charge >= 0.3 is 6.18 Å². The molecule has 154 valence electrons. The summed E-state index contributed by atoms with van der Waals surface area (Å²) in [6.07, 6.45) is -4.52. The number of halogens is 3. The maximum atomic E-state index is 13.5. The summed E-state index contributed by atoms with van der Waals surface area (Å²) in [6, 6.07) is 10.0. The van der Waals surface area contributed by atoms with E-state index < -0.39 is 40.4 Å². The van der Waals surface area contributed by atoms with Crippen molar-refractivity contribution in [1.82, 2.24) is 0 Å². The van der Waals surface area contributed by atoms with Crippen LogP contribution in [0.1, 0.15) is 50.3 Å². The van der Waals surface area contributed by atoms with Crippen molar-refractivity contribution < 1.29 is 27.5 Å². The highest BCUT2D eigenvalue weighted by molar-refractivity contribution is 6.15. The van der Waals surface area contributed by atoms with Crippen LogP contribution >= 0.6 is 0 Å². The smallest absolute Gasteiger partial charge is 0.354 e. The molecule has 0 spiro atoms. The molecule has 6 heteroatoms. The second-order valence-electron chi connectivity index (χ2n) is 8.40. The second-order valence-corrected chi connectivity index (χ2v) is 8.40. The molecular weight excluding hydrogens is 381 g/mol. The summed E-state index contributed by atoms with van der Waals surface area (Å²) in [5, 5.41) is 0. The number of hydrogen-bond acceptors (Lipinski definition) is 3. The van der Waals surface area contributed by atoms with Crippen LogP contribution in [0.5, 0.6) is 0 Å². The molecule has 1 fully saturated rings. The van der Waals surface area contributed by atoms with Crippen molar-refractivity contribution in [3.8, 4) is 11.1 Å². The average Bonchev–Trinajstić information content (AvgIpc) is 2.60. The largest absolute Gasteiger partial charge is 0.417 e. The van der Waals surface area contributed by atoms with Crippen LogP contribution < -0.4 is 0 Å². The highest BCUT2D eigenvalue weighted by Gasteiger charge is 2.53. The van der Waals surface area contributed by atoms with E-state index in [4.69, 9.17) is 4.74 Å². The summed E-state index contributed by atoms with van der Waals surface area (Å²) >= 11 is 0. The predicted molar refractivity (Wildman–Crippen MR) is 104 cm³/mol. The Morgan fingerprint density at radius 2 is 1.45 bits per heavy atom. The normalized spacial score (nSPS) is 19.4. The Labute approximate surface area is 167 Å². The van der Waals surface area contributed by atoms with Gasteiger partial charge < -0.3 is 4.74 Å². The summed E-state index contributed by atoms with van der Waals surface area (Å²) in [5.74, 6) is -1.89. The van der Waals surface area contributed by atoms with E-state index in [1.54, 1.807) is 46.8 Å². The molecule has 0 bridgehead atoms. The van der Waals surface area contributed by atoms with E-state index in [2.05, 4.69) is 0 Å². The maximum absolute atomic E-state index is 13.5. The summed E-state index contributed by atoms with van der Waals surface area (Å²) in [6.45, 7) is 8.16. The minimum absolute atomic E-state index is 0.00623. The fraction of sp³-hybridized carbons (Fsp3) is 0.391. The Morgan fingerprint density at radius 3 is 2.00 bits per heavy atom. The van der Waals surface area contributed by atoms with Gasteiger partial charge in [-0.25, -0.2) is 0 Å². The van der Waals surface area contributed by atoms with Crippen LogP contribution in [0.3, 0.4) is 0 Å². The van der Waals surface area contributed by atoms with Crippen molar-refractivity contribution in [2.45, 2.75) is 57.9 Å². The first-order valence-corrected chi connectivity index (χ1v) is 9.31. The number of carbonyl (C=O) groups excluding carboxylic acids is 2. The fourth-order valence-corrected chi connectivity index (χ4v) is 3.94. The Morgan fingerprint density at radius 1 is 0.897 bits per heavy atom. The molecule has 0 N–H and O–H groups in total. The molecule has 3 rings (SSSR count). The molecule has 0 atom stereocenters. The topological polar surface area (TPSA) is 43.4 Å². The molecule has 0 aromatic heterocycles. The standard InChI is InChI=1S/C23H23F3O3/c1-13-10-11-14(15-8-6-7-9-17(15)23(24,25)26)12-16(13)18-19(27)21(2,3)29-22(4,5)20(18)28/h6-12,18H,1-5H3. The molecule has 2 aromatic rings. The van der Waals surface area contributed by atoms with Crippen molar-refractivity contribution in [2.75, 3.05) is 0 Å². The zero-order valence-corrected chi connectivity index (χ0v) is 17.0. The quantitative estimate of drug-likeness (QED) is 0.622. The van der Waals surface area contributed by atoms with Crippen LogP contribution in [0.4, 0.5) is 13.2 Å². The van der Waals surface area contributed by atoms with Gasteiger partial charge in [0.15, 0.2) is 11.6 Å². The minimum atomic E-state index is -4.52. The number of hydrogen-bond donors (Lipinski definition) is 0. The number of carbonyl (C=O) groups is 2. The molecule has 3 nitrogen and oxygen atoms in total. The van der Waals surface area contributed by atoms with E-state index in [9.17, 15) is 22.8 Å². The number of alkyl halides is 3. The molecule has 1 heterocycles. The van der Waals surface area contributed by atoms with Crippen LogP contribution in [0.25, 0.3) is 11.1 Å². The van der Waals surface area contributed by atoms with E-state index in [0.717, 1.165) is 6.07 Å². The maximum Gasteiger partial charge on any atom is 0.417 e. The van der Waals surface area contributed by atoms with Crippen molar-refractivity contribution >= 4 is 11.6 Å². The molecule has 2 aromatic carbocycles. The first-order chi connectivity index (χ1) is 13.3. The lowest BCUT2D eigenvalue weighted by molar-refractivity contribution is -0.184. The van der Waals surface area contributed by atoms with Gasteiger partial charge in [-0.2, -0.15) is 13.2 Å². The number of ketones is 2. The van der Waals surface area contributed by atoms with Gasteiger partial charge in [-0.1, -0.05) is 30.3 Å². The van der Waals surface area contributed by atoms with Crippen LogP contribution in [0, 0.1) is 6.92 Å². The van der Waals surface area contributed by atoms with Crippen molar-refractivity contribution in [3.63, 3.8) is 0 Å². The molecule has 0 radical (unpaired) electrons. The minimum Gasteiger partial charge on any atom is -0.354 e. The van der Waals surface area contributed by atoms with E-state index >= 15 is 0 Å². The Hall–Kier alpha value is -2.47. The third-order valence-corrected chi connectivity index (χ3v) is 5.36. The van der Waals surface area contributed by atoms with Gasteiger partial charge in [-0.05, 0) is 69.0 Å². The van der Waals surface area contributed by atoms with Gasteiger partial charge in [0.25, 0.3) is 0 Å². The summed E-state index contributed by atoms with van der Waals surface area (Å²) < 4.78 is 46.1. The van der Waals surface area contributed by atoms with Gasteiger partial charge in [0.05, 0.1) is 5.56 Å². The van der Waals surface area contributed by atoms with Crippen molar-refractivity contribution in [1.29, 1.82) is 0 Å². The lowest BCUT2D eigenvalue weighted by Gasteiger charge is -2.43. The van der Waals surface area contributed by atoms with E-state index in [-0.39, 0.29) is 5.56 Å². The molecule has 29 heavy (non-hydrogen) atoms. The van der Waals surface area contributed by atoms with E-state index in [1.807, 2.05) is 0 Å². The lowest BCUT2D eigenvalue weighted by Crippen LogP contribution is -2.58. The highest BCUT2D eigenvalue weighted by Crippen LogP contribution is 2.42. The molecule has 1 aliphatic heterocycles. The molecule has 0 amide bonds. The molecule has 0 saturated carbocycles. The Bertz CT molecular complexity index is 961. The van der Waals surface area contributed by atoms with Crippen LogP contribution in [-0.2, 0) is 20.5 Å². The van der Waals surface area contributed by atoms with Gasteiger partial charge in [0, 0.05) is 0 Å². The Kier molecular flexibility index (Phi) is 4.98. The van der Waals surface area contributed by atoms with Crippen LogP contribution in [-0.4, -0.2) is 22.8 Å². The summed E-state index contributed by atoms with van der Waals surface area (Å²) in [7, 11) is 0. The van der Waals surface area contributed by atoms with Crippen LogP contribution in [0.15, 0.2) is 42.5 Å². The van der Waals surface area contributed by atoms with Gasteiger partial charge in [0.1, 0.15) is 17.1 Å². The summed E-state index contributed by atoms with van der Waals surface area (Å²) in [5.41, 5.74) is -1.74. The number of rotatable bonds is 2. The monoisotopic (exact) mass is 404 g/mol. The first kappa shape index (κ1) is 21.2. The SMILES string of the molecule is Cc1ccc(-c2ccccc2C(F)(F)F)cc1C1C(=O)C(C)(C)OC(C)(C)C1=O. The fourth-order valence-electron chi connectivity index (χ4n) is 3.94. The number of aryl methyl sites for hydroxylation is 1. The molecule has 1 saturated heterocycles. The molecule has 0 aliphatic carbocycles. The molecular formula is C23H23F3O3. The number of benzene rings is 2. The second kappa shape index (κ2) is 6.80. The molecule has 1 aliphatic rings. The third kappa shape index (κ3) is 3.73. The van der Waals surface area contributed by atoms with Crippen LogP contribution in [0.2, 0.25) is 0 Å². The summed E-state index contributed by atoms with van der Waals surface area (Å²) in [4.78, 5) is 26.1. The van der Waals surface area contributed by atoms with E-state index in [1.165, 1.54) is 24.3 Å². The zero-order valence-electron chi connectivity index (χ0n) is 17.0. The van der Waals surface area contributed by atoms with Gasteiger partial charge in [-0.3, -0.25) is 9.59 Å². The highest BCUT2D eigenvalue weighted by atomic mass is 19.4.